The molecule has 0 amide bonds. The number of ether oxygens (including phenoxy) is 1. The molecule has 3 aromatic heterocycles. The molecule has 1 N–H and O–H groups in total. The minimum Gasteiger partial charge on any atom is -0.358 e. The zero-order valence-corrected chi connectivity index (χ0v) is 23.1. The first-order valence-electron chi connectivity index (χ1n) is 12.0. The Hall–Kier alpha value is -3.15. The van der Waals surface area contributed by atoms with Crippen molar-refractivity contribution in [1.29, 1.82) is 0 Å². The summed E-state index contributed by atoms with van der Waals surface area (Å²) in [6, 6.07) is 7.25. The average Bonchev–Trinajstić information content (AvgIpc) is 3.36. The minimum absolute atomic E-state index is 0.148. The summed E-state index contributed by atoms with van der Waals surface area (Å²) < 4.78 is 36.3. The summed E-state index contributed by atoms with van der Waals surface area (Å²) in [6.45, 7) is 4.53. The fourth-order valence-electron chi connectivity index (χ4n) is 4.75. The largest absolute Gasteiger partial charge is 0.358 e. The van der Waals surface area contributed by atoms with Gasteiger partial charge in [0.05, 0.1) is 29.0 Å². The van der Waals surface area contributed by atoms with E-state index in [1.54, 1.807) is 6.07 Å². The van der Waals surface area contributed by atoms with Crippen LogP contribution in [0.3, 0.4) is 0 Å². The number of hydrogen-bond donors (Lipinski definition) is 1. The lowest BCUT2D eigenvalue weighted by Crippen LogP contribution is -2.25. The molecule has 4 aromatic rings. The number of anilines is 3. The third-order valence-corrected chi connectivity index (χ3v) is 7.98. The first-order valence-corrected chi connectivity index (χ1v) is 14.3. The summed E-state index contributed by atoms with van der Waals surface area (Å²) in [7, 11) is -0.117. The lowest BCUT2D eigenvalue weighted by atomic mass is 10.1. The summed E-state index contributed by atoms with van der Waals surface area (Å²) in [5.74, 6) is 1.51. The van der Waals surface area contributed by atoms with Gasteiger partial charge in [-0.15, -0.1) is 0 Å². The van der Waals surface area contributed by atoms with Crippen LogP contribution in [0, 0.1) is 13.8 Å². The Balaban J connectivity index is 1.62. The first-order chi connectivity index (χ1) is 17.5. The molecule has 0 aliphatic carbocycles. The molecular weight excluding hydrogens is 514 g/mol. The van der Waals surface area contributed by atoms with Gasteiger partial charge in [0.15, 0.2) is 5.65 Å². The molecule has 0 radical (unpaired) electrons. The van der Waals surface area contributed by atoms with E-state index in [-0.39, 0.29) is 6.23 Å². The number of imidazole rings is 2. The Morgan fingerprint density at radius 1 is 1.14 bits per heavy atom. The molecule has 0 spiro atoms. The van der Waals surface area contributed by atoms with Crippen LogP contribution in [0.5, 0.6) is 0 Å². The number of benzene rings is 1. The van der Waals surface area contributed by atoms with E-state index in [4.69, 9.17) is 21.3 Å². The number of aryl methyl sites for hydroxylation is 3. The van der Waals surface area contributed by atoms with Crippen molar-refractivity contribution in [3.63, 3.8) is 0 Å². The highest BCUT2D eigenvalue weighted by Crippen LogP contribution is 2.37. The number of pyridine rings is 1. The SMILES string of the molecule is Cc1cn(C)c(-c2ccc(Nc3cc(Cl)nc4c3nc(C)n4C3CCCCO3)c(N(C)S(C)(=O)=O)c2)n1. The molecule has 1 aliphatic rings. The van der Waals surface area contributed by atoms with Gasteiger partial charge in [-0.3, -0.25) is 8.87 Å². The molecule has 1 unspecified atom stereocenters. The Morgan fingerprint density at radius 3 is 2.57 bits per heavy atom. The van der Waals surface area contributed by atoms with Gasteiger partial charge >= 0.3 is 0 Å². The van der Waals surface area contributed by atoms with E-state index >= 15 is 0 Å². The van der Waals surface area contributed by atoms with Gasteiger partial charge in [-0.25, -0.2) is 23.4 Å². The van der Waals surface area contributed by atoms with E-state index in [9.17, 15) is 8.42 Å². The van der Waals surface area contributed by atoms with Crippen molar-refractivity contribution in [2.45, 2.75) is 39.3 Å². The van der Waals surface area contributed by atoms with Gasteiger partial charge in [0.2, 0.25) is 10.0 Å². The number of nitrogens with one attached hydrogen (secondary N) is 1. The Kier molecular flexibility index (Phi) is 6.63. The second-order valence-corrected chi connectivity index (χ2v) is 11.8. The van der Waals surface area contributed by atoms with E-state index < -0.39 is 10.0 Å². The summed E-state index contributed by atoms with van der Waals surface area (Å²) >= 11 is 6.46. The highest BCUT2D eigenvalue weighted by molar-refractivity contribution is 7.92. The van der Waals surface area contributed by atoms with Crippen molar-refractivity contribution < 1.29 is 13.2 Å². The van der Waals surface area contributed by atoms with E-state index in [0.717, 1.165) is 42.2 Å². The standard InChI is InChI=1S/C25H30ClN7O3S/c1-15-14-31(3)24(27-15)17-9-10-18(20(12-17)32(4)37(5,34)35)29-19-13-21(26)30-25-23(19)28-16(2)33(25)22-8-6-7-11-36-22/h9-10,12-14,22H,6-8,11H2,1-5H3,(H,29,30). The van der Waals surface area contributed by atoms with Gasteiger partial charge in [-0.1, -0.05) is 11.6 Å². The van der Waals surface area contributed by atoms with Gasteiger partial charge < -0.3 is 14.6 Å². The van der Waals surface area contributed by atoms with Crippen LogP contribution < -0.4 is 9.62 Å². The molecular formula is C25H30ClN7O3S. The Bertz CT molecular complexity index is 1590. The maximum absolute atomic E-state index is 12.6. The van der Waals surface area contributed by atoms with Gasteiger partial charge in [0.25, 0.3) is 0 Å². The molecule has 5 rings (SSSR count). The zero-order valence-electron chi connectivity index (χ0n) is 21.5. The van der Waals surface area contributed by atoms with E-state index in [2.05, 4.69) is 15.3 Å². The molecule has 0 bridgehead atoms. The lowest BCUT2D eigenvalue weighted by molar-refractivity contribution is -0.0309. The van der Waals surface area contributed by atoms with Crippen LogP contribution in [0.2, 0.25) is 5.15 Å². The molecule has 0 saturated carbocycles. The third kappa shape index (κ3) is 4.90. The van der Waals surface area contributed by atoms with Crippen molar-refractivity contribution in [2.24, 2.45) is 7.05 Å². The molecule has 1 aliphatic heterocycles. The fraction of sp³-hybridized carbons (Fsp3) is 0.400. The smallest absolute Gasteiger partial charge is 0.232 e. The molecule has 1 aromatic carbocycles. The van der Waals surface area contributed by atoms with Crippen LogP contribution in [0.25, 0.3) is 22.6 Å². The number of rotatable bonds is 6. The van der Waals surface area contributed by atoms with E-state index in [1.807, 2.05) is 54.4 Å². The molecule has 10 nitrogen and oxygen atoms in total. The van der Waals surface area contributed by atoms with E-state index in [1.165, 1.54) is 17.6 Å². The van der Waals surface area contributed by atoms with E-state index in [0.29, 0.717) is 40.0 Å². The average molecular weight is 544 g/mol. The predicted octanol–water partition coefficient (Wildman–Crippen LogP) is 4.94. The zero-order chi connectivity index (χ0) is 26.5. The van der Waals surface area contributed by atoms with Gasteiger partial charge in [0, 0.05) is 38.5 Å². The van der Waals surface area contributed by atoms with Crippen molar-refractivity contribution in [2.75, 3.05) is 29.5 Å². The molecule has 196 valence electrons. The lowest BCUT2D eigenvalue weighted by Gasteiger charge is -2.25. The molecule has 37 heavy (non-hydrogen) atoms. The molecule has 1 fully saturated rings. The van der Waals surface area contributed by atoms with Crippen LogP contribution >= 0.6 is 11.6 Å². The third-order valence-electron chi connectivity index (χ3n) is 6.60. The molecule has 4 heterocycles. The first kappa shape index (κ1) is 25.5. The van der Waals surface area contributed by atoms with Crippen LogP contribution in [-0.2, 0) is 21.8 Å². The number of nitrogens with zero attached hydrogens (tertiary/aromatic N) is 6. The summed E-state index contributed by atoms with van der Waals surface area (Å²) in [6.07, 6.45) is 5.93. The van der Waals surface area contributed by atoms with Crippen molar-refractivity contribution in [3.05, 3.63) is 47.1 Å². The second-order valence-electron chi connectivity index (χ2n) is 9.42. The van der Waals surface area contributed by atoms with Crippen molar-refractivity contribution in [1.82, 2.24) is 24.1 Å². The van der Waals surface area contributed by atoms with Crippen LogP contribution in [-0.4, -0.2) is 52.4 Å². The number of halogens is 1. The number of sulfonamides is 1. The van der Waals surface area contributed by atoms with Crippen molar-refractivity contribution in [3.8, 4) is 11.4 Å². The van der Waals surface area contributed by atoms with Crippen molar-refractivity contribution >= 4 is 49.9 Å². The Morgan fingerprint density at radius 2 is 1.92 bits per heavy atom. The fourth-order valence-corrected chi connectivity index (χ4v) is 5.45. The minimum atomic E-state index is -3.55. The molecule has 1 saturated heterocycles. The predicted molar refractivity (Wildman–Crippen MR) is 146 cm³/mol. The summed E-state index contributed by atoms with van der Waals surface area (Å²) in [5.41, 5.74) is 4.58. The molecule has 12 heteroatoms. The monoisotopic (exact) mass is 543 g/mol. The van der Waals surface area contributed by atoms with Crippen LogP contribution in [0.4, 0.5) is 17.1 Å². The summed E-state index contributed by atoms with van der Waals surface area (Å²) in [4.78, 5) is 13.9. The number of hydrogen-bond acceptors (Lipinski definition) is 7. The summed E-state index contributed by atoms with van der Waals surface area (Å²) in [5, 5.41) is 3.67. The topological polar surface area (TPSA) is 107 Å². The number of fused-ring (bicyclic) bond motifs is 1. The Labute approximate surface area is 221 Å². The van der Waals surface area contributed by atoms with Crippen LogP contribution in [0.1, 0.15) is 37.0 Å². The highest BCUT2D eigenvalue weighted by atomic mass is 35.5. The number of aromatic nitrogens is 5. The quantitative estimate of drug-likeness (QED) is 0.343. The second kappa shape index (κ2) is 9.62. The normalized spacial score (nSPS) is 16.3. The van der Waals surface area contributed by atoms with Gasteiger partial charge in [-0.05, 0) is 51.3 Å². The molecule has 1 atom stereocenters. The maximum Gasteiger partial charge on any atom is 0.232 e. The maximum atomic E-state index is 12.6. The highest BCUT2D eigenvalue weighted by Gasteiger charge is 2.24. The van der Waals surface area contributed by atoms with Gasteiger partial charge in [0.1, 0.15) is 28.5 Å². The van der Waals surface area contributed by atoms with Gasteiger partial charge in [-0.2, -0.15) is 0 Å². The van der Waals surface area contributed by atoms with Crippen LogP contribution in [0.15, 0.2) is 30.5 Å².